The van der Waals surface area contributed by atoms with Crippen LogP contribution in [0.25, 0.3) is 0 Å². The minimum Gasteiger partial charge on any atom is -0.497 e. The van der Waals surface area contributed by atoms with Crippen molar-refractivity contribution in [2.75, 3.05) is 7.11 Å². The van der Waals surface area contributed by atoms with Crippen LogP contribution >= 0.6 is 0 Å². The largest absolute Gasteiger partial charge is 0.497 e. The van der Waals surface area contributed by atoms with Crippen molar-refractivity contribution in [1.29, 1.82) is 0 Å². The number of nitrogens with zero attached hydrogens (tertiary/aromatic N) is 1. The van der Waals surface area contributed by atoms with Crippen LogP contribution in [0, 0.1) is 23.7 Å². The topological polar surface area (TPSA) is 12.5 Å². The first-order valence-electron chi connectivity index (χ1n) is 10.7. The molecule has 136 valence electrons. The number of fused-ring (bicyclic) bond motifs is 5. The summed E-state index contributed by atoms with van der Waals surface area (Å²) in [4.78, 5) is 2.97. The maximum Gasteiger partial charge on any atom is 0.118 e. The Kier molecular flexibility index (Phi) is 4.28. The fourth-order valence-electron chi connectivity index (χ4n) is 7.17. The summed E-state index contributed by atoms with van der Waals surface area (Å²) in [7, 11) is 1.76. The van der Waals surface area contributed by atoms with Crippen molar-refractivity contribution < 1.29 is 4.74 Å². The SMILES string of the molecule is COc1ccc(CN2C3CCCCC3C3C4CCCCC4CC32)cc1. The minimum atomic E-state index is 0.869. The molecule has 6 unspecified atom stereocenters. The molecule has 1 saturated heterocycles. The second kappa shape index (κ2) is 6.61. The number of hydrogen-bond donors (Lipinski definition) is 0. The molecule has 0 spiro atoms. The van der Waals surface area contributed by atoms with Crippen LogP contribution in [0.3, 0.4) is 0 Å². The second-order valence-electron chi connectivity index (χ2n) is 9.12. The lowest BCUT2D eigenvalue weighted by atomic mass is 9.70. The standard InChI is InChI=1S/C23H33NO/c1-25-18-12-10-16(11-13-18)15-24-21-9-5-4-8-20(21)23-19-7-3-2-6-17(19)14-22(23)24/h10-13,17,19-23H,2-9,14-15H2,1H3. The summed E-state index contributed by atoms with van der Waals surface area (Å²) >= 11 is 0. The number of methoxy groups -OCH3 is 1. The summed E-state index contributed by atoms with van der Waals surface area (Å²) in [6, 6.07) is 10.6. The van der Waals surface area contributed by atoms with Crippen molar-refractivity contribution in [3.8, 4) is 5.75 Å². The average Bonchev–Trinajstić information content (AvgIpc) is 3.18. The van der Waals surface area contributed by atoms with Crippen molar-refractivity contribution >= 4 is 0 Å². The first-order valence-corrected chi connectivity index (χ1v) is 10.7. The molecule has 0 aromatic heterocycles. The summed E-state index contributed by atoms with van der Waals surface area (Å²) in [6.45, 7) is 1.16. The van der Waals surface area contributed by atoms with Crippen molar-refractivity contribution in [1.82, 2.24) is 4.90 Å². The average molecular weight is 340 g/mol. The van der Waals surface area contributed by atoms with Gasteiger partial charge in [0.2, 0.25) is 0 Å². The van der Waals surface area contributed by atoms with E-state index in [1.165, 1.54) is 63.4 Å². The Morgan fingerprint density at radius 2 is 1.60 bits per heavy atom. The maximum atomic E-state index is 5.34. The molecule has 2 nitrogen and oxygen atoms in total. The quantitative estimate of drug-likeness (QED) is 0.744. The molecule has 6 atom stereocenters. The Balaban J connectivity index is 1.41. The van der Waals surface area contributed by atoms with Gasteiger partial charge in [-0.05, 0) is 67.1 Å². The highest BCUT2D eigenvalue weighted by Gasteiger charge is 2.57. The highest BCUT2D eigenvalue weighted by Crippen LogP contribution is 2.58. The lowest BCUT2D eigenvalue weighted by molar-refractivity contribution is 0.117. The van der Waals surface area contributed by atoms with Gasteiger partial charge in [0.25, 0.3) is 0 Å². The van der Waals surface area contributed by atoms with Crippen LogP contribution in [0.1, 0.15) is 63.4 Å². The molecule has 0 amide bonds. The Bertz CT molecular complexity index is 597. The molecule has 0 bridgehead atoms. The van der Waals surface area contributed by atoms with E-state index in [2.05, 4.69) is 29.2 Å². The summed E-state index contributed by atoms with van der Waals surface area (Å²) in [5, 5.41) is 0. The van der Waals surface area contributed by atoms with Gasteiger partial charge in [-0.3, -0.25) is 4.90 Å². The van der Waals surface area contributed by atoms with Crippen LogP contribution in [0.2, 0.25) is 0 Å². The number of likely N-dealkylation sites (tertiary alicyclic amines) is 1. The van der Waals surface area contributed by atoms with Crippen LogP contribution < -0.4 is 4.74 Å². The summed E-state index contributed by atoms with van der Waals surface area (Å²) in [5.41, 5.74) is 1.47. The Hall–Kier alpha value is -1.02. The Labute approximate surface area is 152 Å². The molecular weight excluding hydrogens is 306 g/mol. The van der Waals surface area contributed by atoms with E-state index < -0.39 is 0 Å². The molecule has 0 N–H and O–H groups in total. The van der Waals surface area contributed by atoms with E-state index in [0.29, 0.717) is 0 Å². The molecular formula is C23H33NO. The lowest BCUT2D eigenvalue weighted by Crippen LogP contribution is -2.38. The zero-order valence-corrected chi connectivity index (χ0v) is 15.7. The minimum absolute atomic E-state index is 0.869. The molecule has 25 heavy (non-hydrogen) atoms. The molecule has 0 radical (unpaired) electrons. The van der Waals surface area contributed by atoms with E-state index in [1.807, 2.05) is 0 Å². The lowest BCUT2D eigenvalue weighted by Gasteiger charge is -2.37. The molecule has 1 heterocycles. The molecule has 1 aromatic rings. The van der Waals surface area contributed by atoms with Crippen LogP contribution in [0.15, 0.2) is 24.3 Å². The third-order valence-corrected chi connectivity index (χ3v) is 8.10. The molecule has 4 aliphatic rings. The monoisotopic (exact) mass is 339 g/mol. The van der Waals surface area contributed by atoms with E-state index in [1.54, 1.807) is 7.11 Å². The third kappa shape index (κ3) is 2.72. The van der Waals surface area contributed by atoms with E-state index in [0.717, 1.165) is 48.0 Å². The summed E-state index contributed by atoms with van der Waals surface area (Å²) < 4.78 is 5.34. The molecule has 1 aliphatic heterocycles. The first-order chi connectivity index (χ1) is 12.3. The van der Waals surface area contributed by atoms with Crippen molar-refractivity contribution in [3.05, 3.63) is 29.8 Å². The molecule has 5 rings (SSSR count). The van der Waals surface area contributed by atoms with Gasteiger partial charge in [0.05, 0.1) is 7.11 Å². The maximum absolute atomic E-state index is 5.34. The fourth-order valence-corrected chi connectivity index (χ4v) is 7.17. The predicted molar refractivity (Wildman–Crippen MR) is 102 cm³/mol. The normalized spacial score (nSPS) is 40.4. The van der Waals surface area contributed by atoms with E-state index in [9.17, 15) is 0 Å². The van der Waals surface area contributed by atoms with Gasteiger partial charge in [-0.2, -0.15) is 0 Å². The van der Waals surface area contributed by atoms with E-state index >= 15 is 0 Å². The van der Waals surface area contributed by atoms with Crippen LogP contribution in [-0.2, 0) is 6.54 Å². The Morgan fingerprint density at radius 3 is 2.40 bits per heavy atom. The van der Waals surface area contributed by atoms with Crippen LogP contribution in [0.5, 0.6) is 5.75 Å². The van der Waals surface area contributed by atoms with Crippen molar-refractivity contribution in [2.24, 2.45) is 23.7 Å². The van der Waals surface area contributed by atoms with Gasteiger partial charge in [-0.1, -0.05) is 44.2 Å². The molecule has 4 fully saturated rings. The smallest absolute Gasteiger partial charge is 0.118 e. The van der Waals surface area contributed by atoms with Gasteiger partial charge < -0.3 is 4.74 Å². The molecule has 1 aromatic carbocycles. The second-order valence-corrected chi connectivity index (χ2v) is 9.12. The van der Waals surface area contributed by atoms with Crippen molar-refractivity contribution in [3.63, 3.8) is 0 Å². The van der Waals surface area contributed by atoms with Gasteiger partial charge in [0.15, 0.2) is 0 Å². The van der Waals surface area contributed by atoms with Gasteiger partial charge in [0, 0.05) is 18.6 Å². The first kappa shape index (κ1) is 16.2. The predicted octanol–water partition coefficient (Wildman–Crippen LogP) is 5.26. The van der Waals surface area contributed by atoms with E-state index in [-0.39, 0.29) is 0 Å². The van der Waals surface area contributed by atoms with Gasteiger partial charge >= 0.3 is 0 Å². The highest BCUT2D eigenvalue weighted by atomic mass is 16.5. The van der Waals surface area contributed by atoms with Gasteiger partial charge in [-0.15, -0.1) is 0 Å². The number of rotatable bonds is 3. The zero-order chi connectivity index (χ0) is 16.8. The van der Waals surface area contributed by atoms with Crippen LogP contribution in [0.4, 0.5) is 0 Å². The van der Waals surface area contributed by atoms with Crippen molar-refractivity contribution in [2.45, 2.75) is 76.4 Å². The zero-order valence-electron chi connectivity index (χ0n) is 15.7. The van der Waals surface area contributed by atoms with Gasteiger partial charge in [0.1, 0.15) is 5.75 Å². The van der Waals surface area contributed by atoms with Gasteiger partial charge in [-0.25, -0.2) is 0 Å². The fraction of sp³-hybridized carbons (Fsp3) is 0.739. The number of hydrogen-bond acceptors (Lipinski definition) is 2. The highest BCUT2D eigenvalue weighted by molar-refractivity contribution is 5.27. The number of benzene rings is 1. The number of ether oxygens (including phenoxy) is 1. The summed E-state index contributed by atoms with van der Waals surface area (Å²) in [6.07, 6.45) is 13.4. The van der Waals surface area contributed by atoms with Crippen LogP contribution in [-0.4, -0.2) is 24.1 Å². The molecule has 3 aliphatic carbocycles. The van der Waals surface area contributed by atoms with E-state index in [4.69, 9.17) is 4.74 Å². The summed E-state index contributed by atoms with van der Waals surface area (Å²) in [5.74, 6) is 5.11. The third-order valence-electron chi connectivity index (χ3n) is 8.10. The Morgan fingerprint density at radius 1 is 0.880 bits per heavy atom. The molecule has 2 heteroatoms. The molecule has 3 saturated carbocycles.